The lowest BCUT2D eigenvalue weighted by molar-refractivity contribution is -0.121. The van der Waals surface area contributed by atoms with Crippen LogP contribution < -0.4 is 10.1 Å². The maximum absolute atomic E-state index is 12.1. The molecule has 5 heteroatoms. The molecule has 0 spiro atoms. The molecule has 0 saturated heterocycles. The summed E-state index contributed by atoms with van der Waals surface area (Å²) in [5.41, 5.74) is 3.31. The molecule has 2 aromatic carbocycles. The van der Waals surface area contributed by atoms with Crippen molar-refractivity contribution in [3.05, 3.63) is 59.8 Å². The third kappa shape index (κ3) is 3.56. The zero-order chi connectivity index (χ0) is 16.9. The molecule has 3 rings (SSSR count). The number of para-hydroxylation sites is 1. The monoisotopic (exact) mass is 323 g/mol. The second-order valence-corrected chi connectivity index (χ2v) is 5.76. The van der Waals surface area contributed by atoms with E-state index in [2.05, 4.69) is 23.4 Å². The molecule has 0 unspecified atom stereocenters. The standard InChI is InChI=1S/C19H21N3O2/c1-14-4-3-5-16-13-21-22(19(14)16)11-10-18(23)20-12-15-6-8-17(24-2)9-7-15/h3-9,13H,10-12H2,1-2H3,(H,20,23). The molecule has 0 aliphatic rings. The van der Waals surface area contributed by atoms with Crippen LogP contribution in [0.5, 0.6) is 5.75 Å². The van der Waals surface area contributed by atoms with Gasteiger partial charge >= 0.3 is 0 Å². The number of nitrogens with one attached hydrogen (secondary N) is 1. The van der Waals surface area contributed by atoms with E-state index in [-0.39, 0.29) is 5.91 Å². The average molecular weight is 323 g/mol. The number of rotatable bonds is 6. The van der Waals surface area contributed by atoms with Crippen molar-refractivity contribution in [1.29, 1.82) is 0 Å². The number of hydrogen-bond donors (Lipinski definition) is 1. The van der Waals surface area contributed by atoms with Crippen molar-refractivity contribution in [3.8, 4) is 5.75 Å². The van der Waals surface area contributed by atoms with E-state index in [1.165, 1.54) is 5.56 Å². The van der Waals surface area contributed by atoms with Crippen molar-refractivity contribution < 1.29 is 9.53 Å². The van der Waals surface area contributed by atoms with Crippen LogP contribution in [0.4, 0.5) is 0 Å². The minimum Gasteiger partial charge on any atom is -0.497 e. The second-order valence-electron chi connectivity index (χ2n) is 5.76. The average Bonchev–Trinajstić information content (AvgIpc) is 3.03. The molecule has 1 N–H and O–H groups in total. The first kappa shape index (κ1) is 16.1. The maximum Gasteiger partial charge on any atom is 0.222 e. The van der Waals surface area contributed by atoms with Crippen LogP contribution in [-0.4, -0.2) is 22.8 Å². The number of nitrogens with zero attached hydrogens (tertiary/aromatic N) is 2. The highest BCUT2D eigenvalue weighted by molar-refractivity contribution is 5.82. The van der Waals surface area contributed by atoms with Crippen molar-refractivity contribution in [3.63, 3.8) is 0 Å². The van der Waals surface area contributed by atoms with E-state index in [4.69, 9.17) is 4.74 Å². The predicted octanol–water partition coefficient (Wildman–Crippen LogP) is 3.06. The fourth-order valence-electron chi connectivity index (χ4n) is 2.74. The molecular formula is C19H21N3O2. The molecule has 1 heterocycles. The Morgan fingerprint density at radius 3 is 2.75 bits per heavy atom. The van der Waals surface area contributed by atoms with E-state index < -0.39 is 0 Å². The normalized spacial score (nSPS) is 10.8. The number of aromatic nitrogens is 2. The Balaban J connectivity index is 1.55. The number of amides is 1. The van der Waals surface area contributed by atoms with Crippen LogP contribution in [0.25, 0.3) is 10.9 Å². The first-order valence-electron chi connectivity index (χ1n) is 7.98. The molecule has 0 atom stereocenters. The lowest BCUT2D eigenvalue weighted by atomic mass is 10.2. The molecule has 3 aromatic rings. The molecule has 5 nitrogen and oxygen atoms in total. The second kappa shape index (κ2) is 7.17. The summed E-state index contributed by atoms with van der Waals surface area (Å²) in [7, 11) is 1.64. The van der Waals surface area contributed by atoms with Crippen molar-refractivity contribution in [1.82, 2.24) is 15.1 Å². The van der Waals surface area contributed by atoms with Crippen molar-refractivity contribution >= 4 is 16.8 Å². The van der Waals surface area contributed by atoms with Gasteiger partial charge in [0.15, 0.2) is 0 Å². The summed E-state index contributed by atoms with van der Waals surface area (Å²) in [6, 6.07) is 13.8. The Labute approximate surface area is 141 Å². The van der Waals surface area contributed by atoms with Gasteiger partial charge in [0.2, 0.25) is 5.91 Å². The van der Waals surface area contributed by atoms with Crippen molar-refractivity contribution in [2.75, 3.05) is 7.11 Å². The van der Waals surface area contributed by atoms with E-state index in [1.54, 1.807) is 7.11 Å². The molecule has 0 bridgehead atoms. The molecule has 1 aromatic heterocycles. The molecule has 0 fully saturated rings. The predicted molar refractivity (Wildman–Crippen MR) is 93.9 cm³/mol. The van der Waals surface area contributed by atoms with Crippen LogP contribution in [0.3, 0.4) is 0 Å². The van der Waals surface area contributed by atoms with E-state index >= 15 is 0 Å². The van der Waals surface area contributed by atoms with Gasteiger partial charge in [0.05, 0.1) is 25.4 Å². The van der Waals surface area contributed by atoms with Gasteiger partial charge in [0, 0.05) is 18.4 Å². The van der Waals surface area contributed by atoms with Gasteiger partial charge in [-0.2, -0.15) is 5.10 Å². The number of hydrogen-bond acceptors (Lipinski definition) is 3. The Bertz CT molecular complexity index is 837. The number of ether oxygens (including phenoxy) is 1. The third-order valence-electron chi connectivity index (χ3n) is 4.06. The van der Waals surface area contributed by atoms with Crippen LogP contribution in [0.2, 0.25) is 0 Å². The van der Waals surface area contributed by atoms with Crippen LogP contribution in [0, 0.1) is 6.92 Å². The number of methoxy groups -OCH3 is 1. The van der Waals surface area contributed by atoms with Crippen LogP contribution >= 0.6 is 0 Å². The lowest BCUT2D eigenvalue weighted by Crippen LogP contribution is -2.24. The zero-order valence-corrected chi connectivity index (χ0v) is 14.0. The smallest absolute Gasteiger partial charge is 0.222 e. The number of fused-ring (bicyclic) bond motifs is 1. The number of carbonyl (C=O) groups is 1. The van der Waals surface area contributed by atoms with Gasteiger partial charge in [0.1, 0.15) is 5.75 Å². The van der Waals surface area contributed by atoms with Gasteiger partial charge < -0.3 is 10.1 Å². The van der Waals surface area contributed by atoms with E-state index in [9.17, 15) is 4.79 Å². The van der Waals surface area contributed by atoms with E-state index in [0.717, 1.165) is 22.2 Å². The van der Waals surface area contributed by atoms with Crippen molar-refractivity contribution in [2.45, 2.75) is 26.4 Å². The summed E-state index contributed by atoms with van der Waals surface area (Å²) in [5, 5.41) is 8.43. The van der Waals surface area contributed by atoms with Gasteiger partial charge in [-0.05, 0) is 30.2 Å². The Kier molecular flexibility index (Phi) is 4.79. The molecule has 0 radical (unpaired) electrons. The highest BCUT2D eigenvalue weighted by Crippen LogP contribution is 2.18. The first-order chi connectivity index (χ1) is 11.7. The van der Waals surface area contributed by atoms with Gasteiger partial charge in [-0.1, -0.05) is 30.3 Å². The summed E-state index contributed by atoms with van der Waals surface area (Å²) < 4.78 is 7.02. The summed E-state index contributed by atoms with van der Waals surface area (Å²) in [5.74, 6) is 0.828. The SMILES string of the molecule is COc1ccc(CNC(=O)CCn2ncc3cccc(C)c32)cc1. The largest absolute Gasteiger partial charge is 0.497 e. The van der Waals surface area contributed by atoms with E-state index in [0.29, 0.717) is 19.5 Å². The van der Waals surface area contributed by atoms with Gasteiger partial charge in [-0.25, -0.2) is 0 Å². The van der Waals surface area contributed by atoms with E-state index in [1.807, 2.05) is 47.3 Å². The summed E-state index contributed by atoms with van der Waals surface area (Å²) >= 11 is 0. The minimum atomic E-state index is 0.0167. The number of benzene rings is 2. The first-order valence-corrected chi connectivity index (χ1v) is 7.98. The fourth-order valence-corrected chi connectivity index (χ4v) is 2.74. The highest BCUT2D eigenvalue weighted by Gasteiger charge is 2.07. The lowest BCUT2D eigenvalue weighted by Gasteiger charge is -2.08. The molecule has 24 heavy (non-hydrogen) atoms. The fraction of sp³-hybridized carbons (Fsp3) is 0.263. The number of aryl methyl sites for hydroxylation is 2. The molecule has 0 aliphatic heterocycles. The summed E-state index contributed by atoms with van der Waals surface area (Å²) in [4.78, 5) is 12.1. The summed E-state index contributed by atoms with van der Waals surface area (Å²) in [6.45, 7) is 3.15. The molecule has 0 saturated carbocycles. The quantitative estimate of drug-likeness (QED) is 0.758. The van der Waals surface area contributed by atoms with Gasteiger partial charge in [0.25, 0.3) is 0 Å². The Hall–Kier alpha value is -2.82. The van der Waals surface area contributed by atoms with Crippen LogP contribution in [0.1, 0.15) is 17.5 Å². The zero-order valence-electron chi connectivity index (χ0n) is 14.0. The van der Waals surface area contributed by atoms with Crippen LogP contribution in [-0.2, 0) is 17.9 Å². The van der Waals surface area contributed by atoms with Crippen molar-refractivity contribution in [2.24, 2.45) is 0 Å². The maximum atomic E-state index is 12.1. The summed E-state index contributed by atoms with van der Waals surface area (Å²) in [6.07, 6.45) is 2.25. The van der Waals surface area contributed by atoms with Gasteiger partial charge in [-0.3, -0.25) is 9.48 Å². The Morgan fingerprint density at radius 2 is 2.00 bits per heavy atom. The van der Waals surface area contributed by atoms with Crippen LogP contribution in [0.15, 0.2) is 48.7 Å². The third-order valence-corrected chi connectivity index (χ3v) is 4.06. The molecular weight excluding hydrogens is 302 g/mol. The molecule has 1 amide bonds. The number of carbonyl (C=O) groups excluding carboxylic acids is 1. The topological polar surface area (TPSA) is 56.1 Å². The molecule has 124 valence electrons. The minimum absolute atomic E-state index is 0.0167. The highest BCUT2D eigenvalue weighted by atomic mass is 16.5. The van der Waals surface area contributed by atoms with Gasteiger partial charge in [-0.15, -0.1) is 0 Å². The molecule has 0 aliphatic carbocycles. The Morgan fingerprint density at radius 1 is 1.21 bits per heavy atom.